The summed E-state index contributed by atoms with van der Waals surface area (Å²) < 4.78 is 19.9. The van der Waals surface area contributed by atoms with Crippen LogP contribution in [0.15, 0.2) is 0 Å². The topological polar surface area (TPSA) is 61.4 Å². The van der Waals surface area contributed by atoms with Crippen LogP contribution in [0.4, 0.5) is 0 Å². The zero-order valence-electron chi connectivity index (χ0n) is 11.8. The third kappa shape index (κ3) is 4.78. The van der Waals surface area contributed by atoms with Gasteiger partial charge in [-0.25, -0.2) is 0 Å². The van der Waals surface area contributed by atoms with Gasteiger partial charge in [-0.05, 0) is 53.4 Å². The average molecular weight is 275 g/mol. The Morgan fingerprint density at radius 2 is 1.89 bits per heavy atom. The van der Waals surface area contributed by atoms with Crippen LogP contribution in [0.5, 0.6) is 0 Å². The minimum absolute atomic E-state index is 0.0334. The standard InChI is InChI=1S/C13H25NO3S/c1-5-17-12(15)10-6-8-11(9-7-10)14-18(16)13(2,3)4/h10-11,14H,5-9H2,1-4H3/t10-,11-,18?. The van der Waals surface area contributed by atoms with E-state index in [2.05, 4.69) is 4.72 Å². The van der Waals surface area contributed by atoms with Crippen molar-refractivity contribution >= 4 is 17.3 Å². The van der Waals surface area contributed by atoms with Crippen LogP contribution in [-0.2, 0) is 20.9 Å². The fraction of sp³-hybridized carbons (Fsp3) is 0.923. The maximum atomic E-state index is 12.0. The molecule has 1 aliphatic rings. The van der Waals surface area contributed by atoms with Crippen molar-refractivity contribution in [3.63, 3.8) is 0 Å². The van der Waals surface area contributed by atoms with Gasteiger partial charge >= 0.3 is 5.97 Å². The molecule has 0 amide bonds. The number of esters is 1. The van der Waals surface area contributed by atoms with E-state index in [4.69, 9.17) is 4.74 Å². The van der Waals surface area contributed by atoms with Gasteiger partial charge in [-0.3, -0.25) is 4.79 Å². The Labute approximate surface area is 113 Å². The highest BCUT2D eigenvalue weighted by molar-refractivity contribution is 7.90. The SMILES string of the molecule is CCOC(=O)[C@H]1CC[C@H](N[S+]([O-])C(C)(C)C)CC1. The average Bonchev–Trinajstić information content (AvgIpc) is 2.29. The van der Waals surface area contributed by atoms with Crippen LogP contribution in [0.1, 0.15) is 53.4 Å². The third-order valence-electron chi connectivity index (χ3n) is 3.18. The van der Waals surface area contributed by atoms with Crippen molar-refractivity contribution in [1.29, 1.82) is 0 Å². The van der Waals surface area contributed by atoms with Gasteiger partial charge in [-0.2, -0.15) is 0 Å². The Bertz CT molecular complexity index is 270. The lowest BCUT2D eigenvalue weighted by Gasteiger charge is -2.31. The molecule has 5 heteroatoms. The van der Waals surface area contributed by atoms with Crippen LogP contribution in [0.25, 0.3) is 0 Å². The monoisotopic (exact) mass is 275 g/mol. The molecule has 0 aromatic heterocycles. The molecule has 106 valence electrons. The zero-order valence-corrected chi connectivity index (χ0v) is 12.6. The Morgan fingerprint density at radius 1 is 1.33 bits per heavy atom. The lowest BCUT2D eigenvalue weighted by molar-refractivity contribution is -0.149. The molecule has 1 N–H and O–H groups in total. The molecule has 1 fully saturated rings. The van der Waals surface area contributed by atoms with Crippen molar-refractivity contribution in [2.75, 3.05) is 6.61 Å². The van der Waals surface area contributed by atoms with Gasteiger partial charge in [-0.1, -0.05) is 0 Å². The van der Waals surface area contributed by atoms with E-state index in [1.165, 1.54) is 0 Å². The number of rotatable bonds is 4. The fourth-order valence-corrected chi connectivity index (χ4v) is 2.93. The van der Waals surface area contributed by atoms with Crippen molar-refractivity contribution in [3.05, 3.63) is 0 Å². The molecule has 0 spiro atoms. The van der Waals surface area contributed by atoms with E-state index in [1.807, 2.05) is 27.7 Å². The number of carbonyl (C=O) groups excluding carboxylic acids is 1. The van der Waals surface area contributed by atoms with Gasteiger partial charge in [0.05, 0.1) is 18.6 Å². The molecule has 0 aromatic carbocycles. The second-order valence-corrected chi connectivity index (χ2v) is 7.80. The summed E-state index contributed by atoms with van der Waals surface area (Å²) in [5.41, 5.74) is 0. The lowest BCUT2D eigenvalue weighted by atomic mass is 9.86. The highest BCUT2D eigenvalue weighted by Crippen LogP contribution is 2.27. The summed E-state index contributed by atoms with van der Waals surface area (Å²) >= 11 is -1.03. The van der Waals surface area contributed by atoms with Gasteiger partial charge in [0.25, 0.3) is 0 Å². The predicted octanol–water partition coefficient (Wildman–Crippen LogP) is 2.16. The van der Waals surface area contributed by atoms with Crippen LogP contribution >= 0.6 is 0 Å². The van der Waals surface area contributed by atoms with Crippen LogP contribution in [0.2, 0.25) is 0 Å². The summed E-state index contributed by atoms with van der Waals surface area (Å²) in [5.74, 6) is -0.0426. The van der Waals surface area contributed by atoms with Crippen molar-refractivity contribution in [2.45, 2.75) is 64.2 Å². The van der Waals surface area contributed by atoms with Crippen LogP contribution in [0.3, 0.4) is 0 Å². The van der Waals surface area contributed by atoms with Gasteiger partial charge in [0.1, 0.15) is 4.75 Å². The third-order valence-corrected chi connectivity index (χ3v) is 4.84. The minimum Gasteiger partial charge on any atom is -0.598 e. The van der Waals surface area contributed by atoms with Gasteiger partial charge < -0.3 is 9.29 Å². The smallest absolute Gasteiger partial charge is 0.308 e. The number of nitrogens with one attached hydrogen (secondary N) is 1. The molecule has 0 aromatic rings. The first-order valence-electron chi connectivity index (χ1n) is 6.69. The summed E-state index contributed by atoms with van der Waals surface area (Å²) in [6, 6.07) is 0.260. The highest BCUT2D eigenvalue weighted by Gasteiger charge is 2.33. The van der Waals surface area contributed by atoms with Crippen molar-refractivity contribution in [3.8, 4) is 0 Å². The van der Waals surface area contributed by atoms with E-state index in [-0.39, 0.29) is 22.7 Å². The molecule has 1 aliphatic carbocycles. The van der Waals surface area contributed by atoms with Crippen LogP contribution < -0.4 is 4.72 Å². The van der Waals surface area contributed by atoms with Gasteiger partial charge in [0.15, 0.2) is 0 Å². The Kier molecular flexibility index (Phi) is 5.95. The first kappa shape index (κ1) is 15.8. The Hall–Kier alpha value is -0.260. The van der Waals surface area contributed by atoms with Crippen LogP contribution in [-0.4, -0.2) is 27.9 Å². The van der Waals surface area contributed by atoms with E-state index in [0.29, 0.717) is 6.61 Å². The van der Waals surface area contributed by atoms with Gasteiger partial charge in [0, 0.05) is 11.4 Å². The molecule has 1 saturated carbocycles. The molecule has 0 saturated heterocycles. The molecular formula is C13H25NO3S. The van der Waals surface area contributed by atoms with E-state index in [1.54, 1.807) is 0 Å². The summed E-state index contributed by atoms with van der Waals surface area (Å²) in [4.78, 5) is 11.6. The number of hydrogen-bond acceptors (Lipinski definition) is 4. The molecular weight excluding hydrogens is 250 g/mol. The fourth-order valence-electron chi connectivity index (χ4n) is 2.04. The zero-order chi connectivity index (χ0) is 13.8. The quantitative estimate of drug-likeness (QED) is 0.631. The van der Waals surface area contributed by atoms with Crippen molar-refractivity contribution in [1.82, 2.24) is 4.72 Å². The summed E-state index contributed by atoms with van der Waals surface area (Å²) in [7, 11) is 0. The molecule has 0 heterocycles. The number of hydrogen-bond donors (Lipinski definition) is 1. The first-order valence-corrected chi connectivity index (χ1v) is 7.84. The molecule has 4 nitrogen and oxygen atoms in total. The summed E-state index contributed by atoms with van der Waals surface area (Å²) in [5, 5.41) is 0. The molecule has 0 aliphatic heterocycles. The molecule has 1 rings (SSSR count). The van der Waals surface area contributed by atoms with E-state index in [0.717, 1.165) is 25.7 Å². The summed E-state index contributed by atoms with van der Waals surface area (Å²) in [6.07, 6.45) is 3.45. The van der Waals surface area contributed by atoms with E-state index >= 15 is 0 Å². The molecule has 18 heavy (non-hydrogen) atoms. The molecule has 0 radical (unpaired) electrons. The Balaban J connectivity index is 2.33. The lowest BCUT2D eigenvalue weighted by Crippen LogP contribution is -2.46. The second-order valence-electron chi connectivity index (χ2n) is 5.80. The maximum Gasteiger partial charge on any atom is 0.308 e. The normalized spacial score (nSPS) is 26.7. The number of ether oxygens (including phenoxy) is 1. The van der Waals surface area contributed by atoms with Gasteiger partial charge in [0.2, 0.25) is 0 Å². The van der Waals surface area contributed by atoms with Crippen molar-refractivity contribution < 1.29 is 14.1 Å². The Morgan fingerprint density at radius 3 is 2.33 bits per heavy atom. The van der Waals surface area contributed by atoms with Crippen LogP contribution in [0, 0.1) is 5.92 Å². The van der Waals surface area contributed by atoms with Crippen molar-refractivity contribution in [2.24, 2.45) is 5.92 Å². The molecule has 1 unspecified atom stereocenters. The van der Waals surface area contributed by atoms with E-state index in [9.17, 15) is 9.35 Å². The van der Waals surface area contributed by atoms with Gasteiger partial charge in [-0.15, -0.1) is 4.72 Å². The largest absolute Gasteiger partial charge is 0.598 e. The maximum absolute atomic E-state index is 12.0. The second kappa shape index (κ2) is 6.78. The minimum atomic E-state index is -1.03. The highest BCUT2D eigenvalue weighted by atomic mass is 32.2. The molecule has 0 bridgehead atoms. The summed E-state index contributed by atoms with van der Waals surface area (Å²) in [6.45, 7) is 8.16. The number of carbonyl (C=O) groups is 1. The van der Waals surface area contributed by atoms with E-state index < -0.39 is 11.4 Å². The molecule has 1 atom stereocenters. The predicted molar refractivity (Wildman–Crippen MR) is 73.4 cm³/mol. The first-order chi connectivity index (χ1) is 8.34.